The lowest BCUT2D eigenvalue weighted by Gasteiger charge is -2.33. The highest BCUT2D eigenvalue weighted by Crippen LogP contribution is 2.26. The summed E-state index contributed by atoms with van der Waals surface area (Å²) in [6.45, 7) is 10.3. The zero-order valence-electron chi connectivity index (χ0n) is 12.5. The van der Waals surface area contributed by atoms with E-state index in [0.29, 0.717) is 13.0 Å². The summed E-state index contributed by atoms with van der Waals surface area (Å²) in [6, 6.07) is 0. The molecule has 2 aliphatic rings. The van der Waals surface area contributed by atoms with Gasteiger partial charge in [-0.25, -0.2) is 0 Å². The van der Waals surface area contributed by atoms with Gasteiger partial charge in [0, 0.05) is 18.5 Å². The molecular weight excluding hydrogens is 242 g/mol. The van der Waals surface area contributed by atoms with Gasteiger partial charge in [-0.05, 0) is 20.8 Å². The van der Waals surface area contributed by atoms with Crippen LogP contribution < -0.4 is 4.90 Å². The maximum Gasteiger partial charge on any atom is 0.228 e. The van der Waals surface area contributed by atoms with Gasteiger partial charge in [-0.2, -0.15) is 0 Å². The Labute approximate surface area is 115 Å². The third-order valence-electron chi connectivity index (χ3n) is 4.21. The van der Waals surface area contributed by atoms with Gasteiger partial charge in [-0.15, -0.1) is 0 Å². The summed E-state index contributed by atoms with van der Waals surface area (Å²) < 4.78 is 0. The van der Waals surface area contributed by atoms with Crippen LogP contribution in [-0.2, 0) is 9.59 Å². The van der Waals surface area contributed by atoms with Gasteiger partial charge in [0.05, 0.1) is 39.1 Å². The highest BCUT2D eigenvalue weighted by atomic mass is 16.2. The lowest BCUT2D eigenvalue weighted by atomic mass is 10.1. The van der Waals surface area contributed by atoms with Crippen LogP contribution in [0.3, 0.4) is 0 Å². The van der Waals surface area contributed by atoms with Gasteiger partial charge in [0.25, 0.3) is 0 Å². The van der Waals surface area contributed by atoms with E-state index in [9.17, 15) is 9.59 Å². The van der Waals surface area contributed by atoms with Crippen LogP contribution in [-0.4, -0.2) is 66.9 Å². The molecule has 2 saturated heterocycles. The molecule has 19 heavy (non-hydrogen) atoms. The van der Waals surface area contributed by atoms with E-state index in [-0.39, 0.29) is 23.3 Å². The lowest BCUT2D eigenvalue weighted by Crippen LogP contribution is -3.12. The summed E-state index contributed by atoms with van der Waals surface area (Å²) in [5.74, 6) is 0.156. The second-order valence-electron chi connectivity index (χ2n) is 6.86. The third kappa shape index (κ3) is 3.08. The molecule has 0 aliphatic carbocycles. The van der Waals surface area contributed by atoms with E-state index in [2.05, 4.69) is 7.05 Å². The minimum absolute atomic E-state index is 0.116. The van der Waals surface area contributed by atoms with Crippen LogP contribution >= 0.6 is 0 Å². The molecule has 1 N–H and O–H groups in total. The monoisotopic (exact) mass is 268 g/mol. The molecule has 0 saturated carbocycles. The van der Waals surface area contributed by atoms with E-state index in [4.69, 9.17) is 0 Å². The first-order valence-corrected chi connectivity index (χ1v) is 7.19. The summed E-state index contributed by atoms with van der Waals surface area (Å²) in [5, 5.41) is 0. The first kappa shape index (κ1) is 14.3. The highest BCUT2D eigenvalue weighted by molar-refractivity contribution is 5.89. The fraction of sp³-hybridized carbons (Fsp3) is 0.857. The van der Waals surface area contributed by atoms with Gasteiger partial charge in [0.15, 0.2) is 0 Å². The molecule has 108 valence electrons. The van der Waals surface area contributed by atoms with Crippen LogP contribution in [0.4, 0.5) is 0 Å². The number of nitrogens with one attached hydrogen (secondary N) is 1. The van der Waals surface area contributed by atoms with Gasteiger partial charge in [0.1, 0.15) is 0 Å². The maximum absolute atomic E-state index is 12.5. The van der Waals surface area contributed by atoms with Crippen molar-refractivity contribution < 1.29 is 14.5 Å². The summed E-state index contributed by atoms with van der Waals surface area (Å²) in [4.78, 5) is 29.7. The number of piperazine rings is 1. The maximum atomic E-state index is 12.5. The van der Waals surface area contributed by atoms with Crippen molar-refractivity contribution in [3.05, 3.63) is 0 Å². The van der Waals surface area contributed by atoms with Crippen LogP contribution in [0.1, 0.15) is 27.2 Å². The number of carbonyl (C=O) groups excluding carboxylic acids is 2. The zero-order chi connectivity index (χ0) is 14.2. The molecule has 0 radical (unpaired) electrons. The number of likely N-dealkylation sites (tertiary alicyclic amines) is 1. The molecule has 0 unspecified atom stereocenters. The van der Waals surface area contributed by atoms with Crippen molar-refractivity contribution in [3.8, 4) is 0 Å². The summed E-state index contributed by atoms with van der Waals surface area (Å²) >= 11 is 0. The Morgan fingerprint density at radius 2 is 1.84 bits per heavy atom. The van der Waals surface area contributed by atoms with Crippen molar-refractivity contribution in [2.45, 2.75) is 32.7 Å². The van der Waals surface area contributed by atoms with E-state index in [1.54, 1.807) is 0 Å². The van der Waals surface area contributed by atoms with Crippen molar-refractivity contribution >= 4 is 11.8 Å². The number of amides is 2. The number of likely N-dealkylation sites (N-methyl/N-ethyl adjacent to an activating group) is 1. The zero-order valence-corrected chi connectivity index (χ0v) is 12.5. The SMILES string of the molecule is C[NH+]1CCN(C(=O)[C@H]2CC(=O)N(C(C)(C)C)C2)CC1. The Hall–Kier alpha value is -1.10. The Bertz CT molecular complexity index is 367. The van der Waals surface area contributed by atoms with Gasteiger partial charge >= 0.3 is 0 Å². The van der Waals surface area contributed by atoms with Crippen LogP contribution in [0, 0.1) is 5.92 Å². The molecule has 2 heterocycles. The van der Waals surface area contributed by atoms with Crippen molar-refractivity contribution in [1.82, 2.24) is 9.80 Å². The molecule has 0 aromatic carbocycles. The van der Waals surface area contributed by atoms with E-state index in [0.717, 1.165) is 26.2 Å². The quantitative estimate of drug-likeness (QED) is 0.662. The molecule has 2 amide bonds. The molecule has 5 nitrogen and oxygen atoms in total. The number of hydrogen-bond acceptors (Lipinski definition) is 2. The van der Waals surface area contributed by atoms with Crippen LogP contribution in [0.5, 0.6) is 0 Å². The topological polar surface area (TPSA) is 45.1 Å². The predicted molar refractivity (Wildman–Crippen MR) is 72.8 cm³/mol. The Morgan fingerprint density at radius 3 is 2.32 bits per heavy atom. The molecule has 0 aromatic rings. The van der Waals surface area contributed by atoms with Crippen molar-refractivity contribution in [2.24, 2.45) is 5.92 Å². The Morgan fingerprint density at radius 1 is 1.26 bits per heavy atom. The van der Waals surface area contributed by atoms with E-state index in [1.807, 2.05) is 30.6 Å². The second kappa shape index (κ2) is 5.12. The van der Waals surface area contributed by atoms with Crippen molar-refractivity contribution in [1.29, 1.82) is 0 Å². The average Bonchev–Trinajstić information content (AvgIpc) is 2.71. The largest absolute Gasteiger partial charge is 0.337 e. The number of rotatable bonds is 1. The minimum atomic E-state index is -0.182. The van der Waals surface area contributed by atoms with Gasteiger partial charge in [0.2, 0.25) is 11.8 Å². The average molecular weight is 268 g/mol. The van der Waals surface area contributed by atoms with E-state index < -0.39 is 0 Å². The van der Waals surface area contributed by atoms with Gasteiger partial charge in [-0.3, -0.25) is 9.59 Å². The molecule has 0 aromatic heterocycles. The standard InChI is InChI=1S/C14H25N3O2/c1-14(2,3)17-10-11(9-12(17)18)13(19)16-7-5-15(4)6-8-16/h11H,5-10H2,1-4H3/p+1/t11-/m0/s1. The highest BCUT2D eigenvalue weighted by Gasteiger charge is 2.41. The summed E-state index contributed by atoms with van der Waals surface area (Å²) in [6.07, 6.45) is 0.384. The Kier molecular flexibility index (Phi) is 3.85. The van der Waals surface area contributed by atoms with Crippen molar-refractivity contribution in [3.63, 3.8) is 0 Å². The number of hydrogen-bond donors (Lipinski definition) is 1. The molecule has 0 spiro atoms. The minimum Gasteiger partial charge on any atom is -0.337 e. The number of quaternary nitrogens is 1. The first-order chi connectivity index (χ1) is 8.79. The predicted octanol–water partition coefficient (Wildman–Crippen LogP) is -1.01. The lowest BCUT2D eigenvalue weighted by molar-refractivity contribution is -0.883. The molecule has 1 atom stereocenters. The fourth-order valence-electron chi connectivity index (χ4n) is 2.89. The van der Waals surface area contributed by atoms with Gasteiger partial charge < -0.3 is 14.7 Å². The summed E-state index contributed by atoms with van der Waals surface area (Å²) in [7, 11) is 2.16. The molecule has 5 heteroatoms. The summed E-state index contributed by atoms with van der Waals surface area (Å²) in [5.41, 5.74) is -0.182. The number of nitrogens with zero attached hydrogens (tertiary/aromatic N) is 2. The third-order valence-corrected chi connectivity index (χ3v) is 4.21. The Balaban J connectivity index is 1.96. The molecule has 2 aliphatic heterocycles. The van der Waals surface area contributed by atoms with Gasteiger partial charge in [-0.1, -0.05) is 0 Å². The van der Waals surface area contributed by atoms with Crippen LogP contribution in [0.25, 0.3) is 0 Å². The molecule has 2 fully saturated rings. The number of carbonyl (C=O) groups is 2. The molecule has 2 rings (SSSR count). The van der Waals surface area contributed by atoms with Crippen LogP contribution in [0.15, 0.2) is 0 Å². The smallest absolute Gasteiger partial charge is 0.228 e. The fourth-order valence-corrected chi connectivity index (χ4v) is 2.89. The molecule has 0 bridgehead atoms. The van der Waals surface area contributed by atoms with Crippen molar-refractivity contribution in [2.75, 3.05) is 39.8 Å². The van der Waals surface area contributed by atoms with E-state index >= 15 is 0 Å². The molecular formula is C14H26N3O2+. The first-order valence-electron chi connectivity index (χ1n) is 7.19. The van der Waals surface area contributed by atoms with E-state index in [1.165, 1.54) is 4.90 Å². The van der Waals surface area contributed by atoms with Crippen LogP contribution in [0.2, 0.25) is 0 Å². The normalized spacial score (nSPS) is 26.1. The second-order valence-corrected chi connectivity index (χ2v) is 6.86.